The predicted molar refractivity (Wildman–Crippen MR) is 101 cm³/mol. The Balaban J connectivity index is 1.71. The Morgan fingerprint density at radius 3 is 2.80 bits per heavy atom. The second-order valence-corrected chi connectivity index (χ2v) is 9.14. The van der Waals surface area contributed by atoms with Crippen molar-refractivity contribution in [3.05, 3.63) is 35.1 Å². The van der Waals surface area contributed by atoms with Gasteiger partial charge in [-0.05, 0) is 62.6 Å². The van der Waals surface area contributed by atoms with Gasteiger partial charge in [-0.3, -0.25) is 0 Å². The van der Waals surface area contributed by atoms with Gasteiger partial charge in [0.1, 0.15) is 0 Å². The van der Waals surface area contributed by atoms with Crippen LogP contribution >= 0.6 is 0 Å². The number of fused-ring (bicyclic) bond motifs is 5. The van der Waals surface area contributed by atoms with Crippen LogP contribution < -0.4 is 5.32 Å². The normalized spacial score (nSPS) is 45.6. The van der Waals surface area contributed by atoms with Crippen molar-refractivity contribution in [3.63, 3.8) is 0 Å². The predicted octanol–water partition coefficient (Wildman–Crippen LogP) is 3.96. The third-order valence-electron chi connectivity index (χ3n) is 8.17. The quantitative estimate of drug-likeness (QED) is 0.762. The molecule has 3 heteroatoms. The summed E-state index contributed by atoms with van der Waals surface area (Å²) in [5.41, 5.74) is 2.68. The zero-order valence-corrected chi connectivity index (χ0v) is 16.2. The number of methoxy groups -OCH3 is 1. The lowest BCUT2D eigenvalue weighted by Gasteiger charge is -2.54. The Kier molecular flexibility index (Phi) is 3.97. The molecule has 0 spiro atoms. The van der Waals surface area contributed by atoms with E-state index in [9.17, 15) is 5.11 Å². The highest BCUT2D eigenvalue weighted by molar-refractivity contribution is 5.45. The Bertz CT molecular complexity index is 663. The Hall–Kier alpha value is -1.06. The summed E-state index contributed by atoms with van der Waals surface area (Å²) in [6, 6.07) is 0. The van der Waals surface area contributed by atoms with E-state index in [-0.39, 0.29) is 10.8 Å². The first-order valence-electron chi connectivity index (χ1n) is 9.91. The van der Waals surface area contributed by atoms with Gasteiger partial charge in [-0.15, -0.1) is 0 Å². The molecule has 0 aliphatic heterocycles. The molecule has 138 valence electrons. The largest absolute Gasteiger partial charge is 0.501 e. The molecule has 0 bridgehead atoms. The van der Waals surface area contributed by atoms with Gasteiger partial charge >= 0.3 is 0 Å². The van der Waals surface area contributed by atoms with Crippen molar-refractivity contribution in [2.24, 2.45) is 22.7 Å². The molecule has 4 rings (SSSR count). The molecule has 3 nitrogen and oxygen atoms in total. The number of allylic oxidation sites excluding steroid dienone is 6. The van der Waals surface area contributed by atoms with Crippen LogP contribution in [-0.2, 0) is 4.74 Å². The van der Waals surface area contributed by atoms with Gasteiger partial charge in [0.15, 0.2) is 0 Å². The minimum atomic E-state index is -0.574. The fourth-order valence-corrected chi connectivity index (χ4v) is 6.46. The van der Waals surface area contributed by atoms with E-state index in [4.69, 9.17) is 4.74 Å². The van der Waals surface area contributed by atoms with E-state index < -0.39 is 5.60 Å². The van der Waals surface area contributed by atoms with Crippen LogP contribution in [0.25, 0.3) is 0 Å². The summed E-state index contributed by atoms with van der Waals surface area (Å²) in [5.74, 6) is 2.30. The van der Waals surface area contributed by atoms with Gasteiger partial charge in [0, 0.05) is 23.8 Å². The smallest absolute Gasteiger partial charge is 0.0958 e. The van der Waals surface area contributed by atoms with Crippen molar-refractivity contribution in [1.29, 1.82) is 0 Å². The molecule has 1 fully saturated rings. The fourth-order valence-electron chi connectivity index (χ4n) is 6.46. The van der Waals surface area contributed by atoms with Crippen molar-refractivity contribution in [2.75, 3.05) is 20.7 Å². The van der Waals surface area contributed by atoms with Crippen LogP contribution in [0.4, 0.5) is 0 Å². The molecule has 1 saturated carbocycles. The van der Waals surface area contributed by atoms with Gasteiger partial charge in [-0.1, -0.05) is 31.6 Å². The van der Waals surface area contributed by atoms with E-state index in [1.54, 1.807) is 12.7 Å². The van der Waals surface area contributed by atoms with Crippen molar-refractivity contribution in [1.82, 2.24) is 5.32 Å². The molecule has 3 unspecified atom stereocenters. The molecule has 0 saturated heterocycles. The zero-order chi connectivity index (χ0) is 17.9. The highest BCUT2D eigenvalue weighted by Crippen LogP contribution is 2.64. The number of ether oxygens (including phenoxy) is 1. The van der Waals surface area contributed by atoms with Crippen LogP contribution in [0.2, 0.25) is 0 Å². The molecule has 5 atom stereocenters. The summed E-state index contributed by atoms with van der Waals surface area (Å²) in [6.07, 6.45) is 13.6. The summed E-state index contributed by atoms with van der Waals surface area (Å²) in [7, 11) is 3.74. The minimum absolute atomic E-state index is 0.00588. The minimum Gasteiger partial charge on any atom is -0.501 e. The average molecular weight is 344 g/mol. The average Bonchev–Trinajstić information content (AvgIpc) is 2.86. The number of nitrogens with one attached hydrogen (secondary N) is 1. The first-order valence-corrected chi connectivity index (χ1v) is 9.91. The molecule has 0 amide bonds. The number of aliphatic hydroxyl groups is 1. The monoisotopic (exact) mass is 343 g/mol. The van der Waals surface area contributed by atoms with Crippen LogP contribution in [-0.4, -0.2) is 31.4 Å². The highest BCUT2D eigenvalue weighted by atomic mass is 16.5. The van der Waals surface area contributed by atoms with Crippen LogP contribution in [0, 0.1) is 22.7 Å². The van der Waals surface area contributed by atoms with E-state index >= 15 is 0 Å². The summed E-state index contributed by atoms with van der Waals surface area (Å²) in [6.45, 7) is 5.46. The second-order valence-electron chi connectivity index (χ2n) is 9.14. The van der Waals surface area contributed by atoms with E-state index in [1.165, 1.54) is 5.57 Å². The molecule has 2 N–H and O–H groups in total. The first kappa shape index (κ1) is 17.4. The van der Waals surface area contributed by atoms with Crippen LogP contribution in [0.1, 0.15) is 52.4 Å². The Morgan fingerprint density at radius 2 is 2.08 bits per heavy atom. The lowest BCUT2D eigenvalue weighted by Crippen LogP contribution is -2.54. The maximum atomic E-state index is 11.4. The standard InChI is InChI=1S/C22H33NO2/c1-20-10-7-16(25-4)13-15(20)5-6-17-18(20)8-11-21(2)19(17)9-12-22(21,24)14-23-3/h5,8,13,17,19,23-24H,6-7,9-12,14H2,1-4H3/t17?,19?,20-,21-,22?/m0/s1. The van der Waals surface area contributed by atoms with Crippen LogP contribution in [0.5, 0.6) is 0 Å². The summed E-state index contributed by atoms with van der Waals surface area (Å²) in [4.78, 5) is 0. The van der Waals surface area contributed by atoms with Crippen molar-refractivity contribution < 1.29 is 9.84 Å². The zero-order valence-electron chi connectivity index (χ0n) is 16.2. The number of hydrogen-bond donors (Lipinski definition) is 2. The maximum Gasteiger partial charge on any atom is 0.0958 e. The van der Waals surface area contributed by atoms with Gasteiger partial charge in [0.2, 0.25) is 0 Å². The molecule has 4 aliphatic carbocycles. The van der Waals surface area contributed by atoms with Gasteiger partial charge in [-0.2, -0.15) is 0 Å². The Morgan fingerprint density at radius 1 is 1.28 bits per heavy atom. The third kappa shape index (κ3) is 2.24. The maximum absolute atomic E-state index is 11.4. The summed E-state index contributed by atoms with van der Waals surface area (Å²) < 4.78 is 5.52. The summed E-state index contributed by atoms with van der Waals surface area (Å²) >= 11 is 0. The second kappa shape index (κ2) is 5.72. The van der Waals surface area contributed by atoms with E-state index in [1.807, 2.05) is 7.05 Å². The molecule has 0 radical (unpaired) electrons. The number of hydrogen-bond acceptors (Lipinski definition) is 3. The number of likely N-dealkylation sites (N-methyl/N-ethyl adjacent to an activating group) is 1. The highest BCUT2D eigenvalue weighted by Gasteiger charge is 2.60. The third-order valence-corrected chi connectivity index (χ3v) is 8.17. The molecular weight excluding hydrogens is 310 g/mol. The van der Waals surface area contributed by atoms with Crippen LogP contribution in [0.3, 0.4) is 0 Å². The molecular formula is C22H33NO2. The lowest BCUT2D eigenvalue weighted by atomic mass is 9.52. The topological polar surface area (TPSA) is 41.5 Å². The van der Waals surface area contributed by atoms with Crippen molar-refractivity contribution in [2.45, 2.75) is 58.0 Å². The van der Waals surface area contributed by atoms with Crippen molar-refractivity contribution in [3.8, 4) is 0 Å². The fraction of sp³-hybridized carbons (Fsp3) is 0.727. The number of rotatable bonds is 3. The molecule has 0 aromatic carbocycles. The lowest BCUT2D eigenvalue weighted by molar-refractivity contribution is -0.0767. The molecule has 0 heterocycles. The van der Waals surface area contributed by atoms with Gasteiger partial charge in [0.05, 0.1) is 18.5 Å². The van der Waals surface area contributed by atoms with Gasteiger partial charge < -0.3 is 15.2 Å². The first-order chi connectivity index (χ1) is 11.9. The molecule has 0 aromatic rings. The SMILES string of the molecule is CNCC1(O)CCC2C3CC=C4C=C(OC)CC[C@]4(C)C3=CC[C@@]21C. The van der Waals surface area contributed by atoms with E-state index in [2.05, 4.69) is 37.4 Å². The van der Waals surface area contributed by atoms with Crippen LogP contribution in [0.15, 0.2) is 35.1 Å². The molecule has 4 aliphatic rings. The van der Waals surface area contributed by atoms with E-state index in [0.29, 0.717) is 18.4 Å². The molecule has 25 heavy (non-hydrogen) atoms. The van der Waals surface area contributed by atoms with E-state index in [0.717, 1.165) is 44.3 Å². The van der Waals surface area contributed by atoms with Gasteiger partial charge in [-0.25, -0.2) is 0 Å². The Labute approximate surface area is 152 Å². The molecule has 0 aromatic heterocycles. The van der Waals surface area contributed by atoms with Gasteiger partial charge in [0.25, 0.3) is 0 Å². The van der Waals surface area contributed by atoms with Crippen molar-refractivity contribution >= 4 is 0 Å². The summed E-state index contributed by atoms with van der Waals surface area (Å²) in [5, 5.41) is 14.6.